The third-order valence-electron chi connectivity index (χ3n) is 2.34. The monoisotopic (exact) mass is 293 g/mol. The van der Waals surface area contributed by atoms with Crippen molar-refractivity contribution in [1.29, 1.82) is 5.26 Å². The van der Waals surface area contributed by atoms with Gasteiger partial charge in [0.05, 0.1) is 22.4 Å². The van der Waals surface area contributed by atoms with E-state index in [1.54, 1.807) is 6.07 Å². The molecule has 0 fully saturated rings. The Hall–Kier alpha value is -2.93. The van der Waals surface area contributed by atoms with Crippen LogP contribution in [0.1, 0.15) is 5.56 Å². The van der Waals surface area contributed by atoms with Gasteiger partial charge in [-0.05, 0) is 12.1 Å². The Bertz CT molecular complexity index is 792. The highest BCUT2D eigenvalue weighted by Crippen LogP contribution is 2.23. The summed E-state index contributed by atoms with van der Waals surface area (Å²) < 4.78 is 26.0. The van der Waals surface area contributed by atoms with E-state index < -0.39 is 14.9 Å². The fourth-order valence-corrected chi connectivity index (χ4v) is 2.41. The molecule has 0 unspecified atom stereocenters. The number of sulfonamides is 1. The van der Waals surface area contributed by atoms with Crippen LogP contribution in [0.5, 0.6) is 0 Å². The van der Waals surface area contributed by atoms with Gasteiger partial charge in [-0.15, -0.1) is 0 Å². The van der Waals surface area contributed by atoms with Crippen molar-refractivity contribution >= 4 is 21.4 Å². The number of anilines is 1. The second-order valence-electron chi connectivity index (χ2n) is 3.63. The molecule has 0 aliphatic carbocycles. The maximum absolute atomic E-state index is 11.9. The van der Waals surface area contributed by atoms with Crippen LogP contribution < -0.4 is 4.72 Å². The van der Waals surface area contributed by atoms with E-state index in [4.69, 9.17) is 5.26 Å². The molecule has 0 atom stereocenters. The van der Waals surface area contributed by atoms with Crippen LogP contribution in [-0.2, 0) is 10.0 Å². The molecule has 20 heavy (non-hydrogen) atoms. The average molecular weight is 293 g/mol. The van der Waals surface area contributed by atoms with Gasteiger partial charge in [0.2, 0.25) is 0 Å². The minimum absolute atomic E-state index is 0.0484. The van der Waals surface area contributed by atoms with E-state index in [1.165, 1.54) is 12.3 Å². The average Bonchev–Trinajstić information content (AvgIpc) is 2.93. The first kappa shape index (κ1) is 13.5. The second-order valence-corrected chi connectivity index (χ2v) is 5.28. The van der Waals surface area contributed by atoms with Crippen LogP contribution in [0.25, 0.3) is 0 Å². The minimum Gasteiger partial charge on any atom is -0.277 e. The molecule has 0 radical (unpaired) electrons. The second kappa shape index (κ2) is 4.98. The summed E-state index contributed by atoms with van der Waals surface area (Å²) in [6.45, 7) is 0. The molecule has 9 nitrogen and oxygen atoms in total. The lowest BCUT2D eigenvalue weighted by Crippen LogP contribution is -2.14. The number of aromatic nitrogens is 2. The van der Waals surface area contributed by atoms with Gasteiger partial charge in [0.15, 0.2) is 5.03 Å². The van der Waals surface area contributed by atoms with E-state index >= 15 is 0 Å². The molecule has 10 heteroatoms. The lowest BCUT2D eigenvalue weighted by Gasteiger charge is -2.07. The zero-order chi connectivity index (χ0) is 14.8. The van der Waals surface area contributed by atoms with Crippen LogP contribution in [-0.4, -0.2) is 23.5 Å². The number of hydrogen-bond donors (Lipinski definition) is 2. The Labute approximate surface area is 113 Å². The molecule has 1 aromatic heterocycles. The minimum atomic E-state index is -3.92. The van der Waals surface area contributed by atoms with Crippen molar-refractivity contribution in [2.24, 2.45) is 0 Å². The molecule has 0 spiro atoms. The molecule has 0 saturated carbocycles. The highest BCUT2D eigenvalue weighted by Gasteiger charge is 2.19. The predicted octanol–water partition coefficient (Wildman–Crippen LogP) is 0.990. The van der Waals surface area contributed by atoms with Gasteiger partial charge in [-0.3, -0.25) is 19.9 Å². The molecule has 0 bridgehead atoms. The Morgan fingerprint density at radius 3 is 2.70 bits per heavy atom. The van der Waals surface area contributed by atoms with Crippen LogP contribution in [0, 0.1) is 21.4 Å². The summed E-state index contributed by atoms with van der Waals surface area (Å²) in [6.07, 6.45) is 1.26. The third kappa shape index (κ3) is 2.57. The summed E-state index contributed by atoms with van der Waals surface area (Å²) in [7, 11) is -3.92. The predicted molar refractivity (Wildman–Crippen MR) is 67.2 cm³/mol. The highest BCUT2D eigenvalue weighted by atomic mass is 32.2. The molecule has 1 aromatic carbocycles. The molecule has 2 aromatic rings. The molecule has 1 heterocycles. The standard InChI is InChI=1S/C10H7N5O4S/c11-6-7-5-8(15(16)17)1-2-9(7)14-20(18,19)10-3-4-12-13-10/h1-5,14H,(H,12,13). The van der Waals surface area contributed by atoms with E-state index in [9.17, 15) is 18.5 Å². The summed E-state index contributed by atoms with van der Waals surface area (Å²) in [5.41, 5.74) is -0.499. The Morgan fingerprint density at radius 1 is 1.40 bits per heavy atom. The number of hydrogen-bond acceptors (Lipinski definition) is 6. The number of benzene rings is 1. The molecule has 2 rings (SSSR count). The van der Waals surface area contributed by atoms with Crippen LogP contribution in [0.15, 0.2) is 35.5 Å². The number of aromatic amines is 1. The van der Waals surface area contributed by atoms with Gasteiger partial charge < -0.3 is 0 Å². The van der Waals surface area contributed by atoms with E-state index in [1.807, 2.05) is 0 Å². The normalized spacial score (nSPS) is 10.8. The van der Waals surface area contributed by atoms with Crippen molar-refractivity contribution in [3.8, 4) is 6.07 Å². The molecule has 0 aliphatic heterocycles. The van der Waals surface area contributed by atoms with Gasteiger partial charge in [0.1, 0.15) is 6.07 Å². The van der Waals surface area contributed by atoms with E-state index in [0.29, 0.717) is 0 Å². The Kier molecular flexibility index (Phi) is 3.36. The molecule has 0 aliphatic rings. The summed E-state index contributed by atoms with van der Waals surface area (Å²) in [5, 5.41) is 25.1. The van der Waals surface area contributed by atoms with Gasteiger partial charge in [0, 0.05) is 12.1 Å². The fraction of sp³-hybridized carbons (Fsp3) is 0. The number of nitrogens with zero attached hydrogens (tertiary/aromatic N) is 3. The summed E-state index contributed by atoms with van der Waals surface area (Å²) >= 11 is 0. The fourth-order valence-electron chi connectivity index (χ4n) is 1.42. The quantitative estimate of drug-likeness (QED) is 0.635. The lowest BCUT2D eigenvalue weighted by molar-refractivity contribution is -0.384. The van der Waals surface area contributed by atoms with Crippen LogP contribution in [0.4, 0.5) is 11.4 Å². The number of H-pyrrole nitrogens is 1. The zero-order valence-corrected chi connectivity index (χ0v) is 10.6. The summed E-state index contributed by atoms with van der Waals surface area (Å²) in [5.74, 6) is 0. The first-order valence-corrected chi connectivity index (χ1v) is 6.63. The molecular formula is C10H7N5O4S. The molecule has 102 valence electrons. The van der Waals surface area contributed by atoms with E-state index in [2.05, 4.69) is 14.9 Å². The Morgan fingerprint density at radius 2 is 2.15 bits per heavy atom. The third-order valence-corrected chi connectivity index (χ3v) is 3.64. The lowest BCUT2D eigenvalue weighted by atomic mass is 10.2. The Balaban J connectivity index is 2.40. The van der Waals surface area contributed by atoms with Gasteiger partial charge in [0.25, 0.3) is 15.7 Å². The topological polar surface area (TPSA) is 142 Å². The molecular weight excluding hydrogens is 286 g/mol. The number of nitro benzene ring substituents is 1. The largest absolute Gasteiger partial charge is 0.278 e. The van der Waals surface area contributed by atoms with Gasteiger partial charge in [-0.1, -0.05) is 0 Å². The SMILES string of the molecule is N#Cc1cc([N+](=O)[O-])ccc1NS(=O)(=O)c1ccn[nH]1. The smallest absolute Gasteiger partial charge is 0.277 e. The summed E-state index contributed by atoms with van der Waals surface area (Å²) in [6, 6.07) is 6.19. The zero-order valence-electron chi connectivity index (χ0n) is 9.77. The maximum Gasteiger partial charge on any atom is 0.278 e. The maximum atomic E-state index is 11.9. The van der Waals surface area contributed by atoms with E-state index in [-0.39, 0.29) is 22.0 Å². The summed E-state index contributed by atoms with van der Waals surface area (Å²) in [4.78, 5) is 9.92. The van der Waals surface area contributed by atoms with Crippen molar-refractivity contribution in [3.63, 3.8) is 0 Å². The number of nitriles is 1. The van der Waals surface area contributed by atoms with Crippen LogP contribution in [0.2, 0.25) is 0 Å². The van der Waals surface area contributed by atoms with Crippen LogP contribution >= 0.6 is 0 Å². The van der Waals surface area contributed by atoms with E-state index in [0.717, 1.165) is 18.2 Å². The number of rotatable bonds is 4. The molecule has 0 amide bonds. The molecule has 2 N–H and O–H groups in total. The van der Waals surface area contributed by atoms with Crippen molar-refractivity contribution in [3.05, 3.63) is 46.1 Å². The number of non-ortho nitro benzene ring substituents is 1. The van der Waals surface area contributed by atoms with Crippen molar-refractivity contribution < 1.29 is 13.3 Å². The first-order valence-electron chi connectivity index (χ1n) is 5.15. The van der Waals surface area contributed by atoms with Crippen LogP contribution in [0.3, 0.4) is 0 Å². The first-order chi connectivity index (χ1) is 9.44. The van der Waals surface area contributed by atoms with Crippen molar-refractivity contribution in [2.75, 3.05) is 4.72 Å². The highest BCUT2D eigenvalue weighted by molar-refractivity contribution is 7.92. The number of nitrogens with one attached hydrogen (secondary N) is 2. The number of nitro groups is 1. The van der Waals surface area contributed by atoms with Crippen molar-refractivity contribution in [2.45, 2.75) is 5.03 Å². The van der Waals surface area contributed by atoms with Gasteiger partial charge in [-0.25, -0.2) is 0 Å². The molecule has 0 saturated heterocycles. The van der Waals surface area contributed by atoms with Crippen molar-refractivity contribution in [1.82, 2.24) is 10.2 Å². The van der Waals surface area contributed by atoms with Gasteiger partial charge in [-0.2, -0.15) is 18.8 Å². The van der Waals surface area contributed by atoms with Gasteiger partial charge >= 0.3 is 0 Å².